The standard InChI is InChI=1S/C11H13N3O/c1-15-8-10-7-11(12)13-14(10)9-5-3-2-4-6-9/h2-7H,8H2,1H3,(H2,12,13). The van der Waals surface area contributed by atoms with Crippen LogP contribution >= 0.6 is 0 Å². The van der Waals surface area contributed by atoms with Gasteiger partial charge < -0.3 is 10.5 Å². The van der Waals surface area contributed by atoms with Crippen LogP contribution in [0.5, 0.6) is 0 Å². The van der Waals surface area contributed by atoms with Crippen molar-refractivity contribution in [2.75, 3.05) is 12.8 Å². The number of ether oxygens (including phenoxy) is 1. The summed E-state index contributed by atoms with van der Waals surface area (Å²) in [6.07, 6.45) is 0. The first-order valence-electron chi connectivity index (χ1n) is 4.70. The zero-order valence-electron chi connectivity index (χ0n) is 8.55. The van der Waals surface area contributed by atoms with Crippen LogP contribution in [-0.2, 0) is 11.3 Å². The number of anilines is 1. The molecule has 4 heteroatoms. The fraction of sp³-hybridized carbons (Fsp3) is 0.182. The second kappa shape index (κ2) is 4.14. The minimum Gasteiger partial charge on any atom is -0.382 e. The molecule has 0 radical (unpaired) electrons. The molecule has 0 aliphatic heterocycles. The third-order valence-corrected chi connectivity index (χ3v) is 2.10. The molecule has 0 saturated heterocycles. The van der Waals surface area contributed by atoms with Crippen molar-refractivity contribution in [3.8, 4) is 5.69 Å². The normalized spacial score (nSPS) is 10.5. The summed E-state index contributed by atoms with van der Waals surface area (Å²) < 4.78 is 6.88. The molecule has 1 heterocycles. The number of nitrogens with two attached hydrogens (primary N) is 1. The lowest BCUT2D eigenvalue weighted by atomic mass is 10.3. The van der Waals surface area contributed by atoms with Crippen LogP contribution in [0.25, 0.3) is 5.69 Å². The van der Waals surface area contributed by atoms with Gasteiger partial charge >= 0.3 is 0 Å². The summed E-state index contributed by atoms with van der Waals surface area (Å²) in [4.78, 5) is 0. The Kier molecular flexibility index (Phi) is 2.69. The molecule has 0 spiro atoms. The molecule has 0 atom stereocenters. The average Bonchev–Trinajstić information content (AvgIpc) is 2.62. The highest BCUT2D eigenvalue weighted by molar-refractivity contribution is 5.38. The van der Waals surface area contributed by atoms with Crippen molar-refractivity contribution in [3.05, 3.63) is 42.1 Å². The molecule has 0 bridgehead atoms. The van der Waals surface area contributed by atoms with Crippen LogP contribution in [0, 0.1) is 0 Å². The smallest absolute Gasteiger partial charge is 0.146 e. The molecule has 78 valence electrons. The van der Waals surface area contributed by atoms with Gasteiger partial charge in [0.1, 0.15) is 5.82 Å². The third-order valence-electron chi connectivity index (χ3n) is 2.10. The lowest BCUT2D eigenvalue weighted by Crippen LogP contribution is -2.02. The number of nitrogens with zero attached hydrogens (tertiary/aromatic N) is 2. The molecule has 0 aliphatic rings. The van der Waals surface area contributed by atoms with Crippen LogP contribution < -0.4 is 5.73 Å². The van der Waals surface area contributed by atoms with Gasteiger partial charge in [0.25, 0.3) is 0 Å². The first-order chi connectivity index (χ1) is 7.31. The van der Waals surface area contributed by atoms with Gasteiger partial charge in [-0.3, -0.25) is 0 Å². The van der Waals surface area contributed by atoms with Gasteiger partial charge in [-0.2, -0.15) is 5.10 Å². The summed E-state index contributed by atoms with van der Waals surface area (Å²) in [5.74, 6) is 0.505. The van der Waals surface area contributed by atoms with Crippen LogP contribution in [0.1, 0.15) is 5.69 Å². The largest absolute Gasteiger partial charge is 0.382 e. The Bertz CT molecular complexity index is 436. The number of hydrogen-bond acceptors (Lipinski definition) is 3. The summed E-state index contributed by atoms with van der Waals surface area (Å²) in [6, 6.07) is 11.7. The number of nitrogen functional groups attached to an aromatic ring is 1. The van der Waals surface area contributed by atoms with Gasteiger partial charge in [-0.1, -0.05) is 18.2 Å². The average molecular weight is 203 g/mol. The summed E-state index contributed by atoms with van der Waals surface area (Å²) in [7, 11) is 1.65. The molecular weight excluding hydrogens is 190 g/mol. The molecule has 4 nitrogen and oxygen atoms in total. The van der Waals surface area contributed by atoms with Crippen molar-refractivity contribution in [2.24, 2.45) is 0 Å². The third kappa shape index (κ3) is 1.99. The molecule has 2 N–H and O–H groups in total. The van der Waals surface area contributed by atoms with E-state index in [9.17, 15) is 0 Å². The van der Waals surface area contributed by atoms with E-state index in [0.29, 0.717) is 12.4 Å². The van der Waals surface area contributed by atoms with Gasteiger partial charge in [0, 0.05) is 13.2 Å². The molecule has 0 aliphatic carbocycles. The van der Waals surface area contributed by atoms with E-state index in [2.05, 4.69) is 5.10 Å². The van der Waals surface area contributed by atoms with Gasteiger partial charge in [0.05, 0.1) is 18.0 Å². The molecular formula is C11H13N3O. The van der Waals surface area contributed by atoms with Crippen molar-refractivity contribution in [1.29, 1.82) is 0 Å². The fourth-order valence-electron chi connectivity index (χ4n) is 1.48. The molecule has 1 aromatic carbocycles. The van der Waals surface area contributed by atoms with Crippen molar-refractivity contribution in [2.45, 2.75) is 6.61 Å². The van der Waals surface area contributed by atoms with Gasteiger partial charge in [0.2, 0.25) is 0 Å². The minimum atomic E-state index is 0.499. The van der Waals surface area contributed by atoms with Crippen LogP contribution in [0.4, 0.5) is 5.82 Å². The van der Waals surface area contributed by atoms with Gasteiger partial charge in [-0.25, -0.2) is 4.68 Å². The van der Waals surface area contributed by atoms with E-state index in [-0.39, 0.29) is 0 Å². The maximum atomic E-state index is 5.66. The van der Waals surface area contributed by atoms with Crippen LogP contribution in [0.15, 0.2) is 36.4 Å². The monoisotopic (exact) mass is 203 g/mol. The Morgan fingerprint density at radius 1 is 1.33 bits per heavy atom. The highest BCUT2D eigenvalue weighted by atomic mass is 16.5. The van der Waals surface area contributed by atoms with E-state index < -0.39 is 0 Å². The predicted octanol–water partition coefficient (Wildman–Crippen LogP) is 1.60. The Morgan fingerprint density at radius 3 is 2.73 bits per heavy atom. The SMILES string of the molecule is COCc1cc(N)nn1-c1ccccc1. The number of methoxy groups -OCH3 is 1. The zero-order chi connectivity index (χ0) is 10.7. The molecule has 0 unspecified atom stereocenters. The van der Waals surface area contributed by atoms with E-state index >= 15 is 0 Å². The second-order valence-electron chi connectivity index (χ2n) is 3.24. The molecule has 0 amide bonds. The zero-order valence-corrected chi connectivity index (χ0v) is 8.55. The summed E-state index contributed by atoms with van der Waals surface area (Å²) in [5, 5.41) is 4.21. The lowest BCUT2D eigenvalue weighted by molar-refractivity contribution is 0.179. The molecule has 2 aromatic rings. The molecule has 1 aromatic heterocycles. The summed E-state index contributed by atoms with van der Waals surface area (Å²) in [6.45, 7) is 0.499. The first kappa shape index (κ1) is 9.73. The topological polar surface area (TPSA) is 53.1 Å². The second-order valence-corrected chi connectivity index (χ2v) is 3.24. The Labute approximate surface area is 88.3 Å². The predicted molar refractivity (Wildman–Crippen MR) is 58.7 cm³/mol. The van der Waals surface area contributed by atoms with E-state index in [4.69, 9.17) is 10.5 Å². The quantitative estimate of drug-likeness (QED) is 0.824. The Hall–Kier alpha value is -1.81. The summed E-state index contributed by atoms with van der Waals surface area (Å²) >= 11 is 0. The fourth-order valence-corrected chi connectivity index (χ4v) is 1.48. The van der Waals surface area contributed by atoms with Crippen molar-refractivity contribution >= 4 is 5.82 Å². The van der Waals surface area contributed by atoms with E-state index in [1.165, 1.54) is 0 Å². The van der Waals surface area contributed by atoms with E-state index in [1.54, 1.807) is 11.8 Å². The number of aromatic nitrogens is 2. The van der Waals surface area contributed by atoms with Gasteiger partial charge in [-0.15, -0.1) is 0 Å². The number of rotatable bonds is 3. The number of hydrogen-bond donors (Lipinski definition) is 1. The Balaban J connectivity index is 2.43. The van der Waals surface area contributed by atoms with Gasteiger partial charge in [0.15, 0.2) is 0 Å². The maximum Gasteiger partial charge on any atom is 0.146 e. The number of para-hydroxylation sites is 1. The van der Waals surface area contributed by atoms with E-state index in [1.807, 2.05) is 36.4 Å². The van der Waals surface area contributed by atoms with E-state index in [0.717, 1.165) is 11.4 Å². The summed E-state index contributed by atoms with van der Waals surface area (Å²) in [5.41, 5.74) is 7.59. The van der Waals surface area contributed by atoms with Crippen molar-refractivity contribution in [1.82, 2.24) is 9.78 Å². The number of benzene rings is 1. The molecule has 0 fully saturated rings. The first-order valence-corrected chi connectivity index (χ1v) is 4.70. The van der Waals surface area contributed by atoms with Gasteiger partial charge in [-0.05, 0) is 12.1 Å². The lowest BCUT2D eigenvalue weighted by Gasteiger charge is -2.05. The van der Waals surface area contributed by atoms with Crippen LogP contribution in [0.3, 0.4) is 0 Å². The highest BCUT2D eigenvalue weighted by Gasteiger charge is 2.06. The Morgan fingerprint density at radius 2 is 2.07 bits per heavy atom. The molecule has 15 heavy (non-hydrogen) atoms. The molecule has 2 rings (SSSR count). The molecule has 0 saturated carbocycles. The highest BCUT2D eigenvalue weighted by Crippen LogP contribution is 2.14. The van der Waals surface area contributed by atoms with Crippen LogP contribution in [-0.4, -0.2) is 16.9 Å². The van der Waals surface area contributed by atoms with Crippen LogP contribution in [0.2, 0.25) is 0 Å². The van der Waals surface area contributed by atoms with Crippen molar-refractivity contribution in [3.63, 3.8) is 0 Å². The van der Waals surface area contributed by atoms with Crippen molar-refractivity contribution < 1.29 is 4.74 Å². The minimum absolute atomic E-state index is 0.499. The maximum absolute atomic E-state index is 5.66.